The maximum Gasteiger partial charge on any atom is 0.246 e. The lowest BCUT2D eigenvalue weighted by molar-refractivity contribution is -0.149. The van der Waals surface area contributed by atoms with Crippen molar-refractivity contribution in [3.05, 3.63) is 0 Å². The summed E-state index contributed by atoms with van der Waals surface area (Å²) in [7, 11) is 0. The molecule has 0 radical (unpaired) electrons. The number of rotatable bonds is 6. The first kappa shape index (κ1) is 14.3. The number of ether oxygens (including phenoxy) is 1. The molecule has 1 aliphatic carbocycles. The van der Waals surface area contributed by atoms with E-state index in [1.54, 1.807) is 4.90 Å². The Balaban J connectivity index is 2.09. The van der Waals surface area contributed by atoms with Crippen LogP contribution in [0, 0.1) is 11.8 Å². The average molecular weight is 268 g/mol. The fourth-order valence-corrected chi connectivity index (χ4v) is 2.60. The van der Waals surface area contributed by atoms with E-state index in [0.29, 0.717) is 19.1 Å². The second-order valence-corrected chi connectivity index (χ2v) is 5.82. The molecule has 5 heteroatoms. The predicted octanol–water partition coefficient (Wildman–Crippen LogP) is 0.784. The first-order valence-electron chi connectivity index (χ1n) is 7.22. The lowest BCUT2D eigenvalue weighted by atomic mass is 9.99. The van der Waals surface area contributed by atoms with Crippen LogP contribution in [0.5, 0.6) is 0 Å². The number of carbonyl (C=O) groups excluding carboxylic acids is 2. The van der Waals surface area contributed by atoms with Gasteiger partial charge in [0.15, 0.2) is 0 Å². The van der Waals surface area contributed by atoms with Crippen molar-refractivity contribution in [3.63, 3.8) is 0 Å². The zero-order valence-electron chi connectivity index (χ0n) is 12.0. The minimum absolute atomic E-state index is 0.0141. The summed E-state index contributed by atoms with van der Waals surface area (Å²) >= 11 is 0. The van der Waals surface area contributed by atoms with E-state index in [-0.39, 0.29) is 36.4 Å². The number of nitrogens with one attached hydrogen (secondary N) is 1. The van der Waals surface area contributed by atoms with Crippen LogP contribution in [0.3, 0.4) is 0 Å². The van der Waals surface area contributed by atoms with Crippen LogP contribution >= 0.6 is 0 Å². The number of hydrogen-bond donors (Lipinski definition) is 1. The molecule has 2 fully saturated rings. The summed E-state index contributed by atoms with van der Waals surface area (Å²) < 4.78 is 5.48. The van der Waals surface area contributed by atoms with Gasteiger partial charge >= 0.3 is 0 Å². The van der Waals surface area contributed by atoms with Gasteiger partial charge in [0, 0.05) is 6.61 Å². The van der Waals surface area contributed by atoms with E-state index in [1.165, 1.54) is 0 Å². The van der Waals surface area contributed by atoms with Gasteiger partial charge in [-0.2, -0.15) is 0 Å². The molecule has 0 aromatic rings. The third-order valence-corrected chi connectivity index (χ3v) is 3.94. The maximum absolute atomic E-state index is 12.5. The fourth-order valence-electron chi connectivity index (χ4n) is 2.60. The first-order valence-corrected chi connectivity index (χ1v) is 7.22. The molecule has 0 spiro atoms. The van der Waals surface area contributed by atoms with Crippen LogP contribution in [-0.2, 0) is 14.3 Å². The van der Waals surface area contributed by atoms with Crippen molar-refractivity contribution in [2.45, 2.75) is 45.7 Å². The number of amides is 2. The molecule has 2 aliphatic rings. The van der Waals surface area contributed by atoms with Gasteiger partial charge in [-0.05, 0) is 31.6 Å². The van der Waals surface area contributed by atoms with E-state index in [9.17, 15) is 9.59 Å². The second-order valence-electron chi connectivity index (χ2n) is 5.82. The normalized spacial score (nSPS) is 25.7. The average Bonchev–Trinajstić information content (AvgIpc) is 3.17. The van der Waals surface area contributed by atoms with Gasteiger partial charge in [0.05, 0.1) is 19.2 Å². The molecule has 2 amide bonds. The maximum atomic E-state index is 12.5. The van der Waals surface area contributed by atoms with Crippen molar-refractivity contribution in [3.8, 4) is 0 Å². The molecular weight excluding hydrogens is 244 g/mol. The number of nitrogens with zero attached hydrogens (tertiary/aromatic N) is 1. The smallest absolute Gasteiger partial charge is 0.246 e. The van der Waals surface area contributed by atoms with Crippen LogP contribution in [0.1, 0.15) is 33.6 Å². The second kappa shape index (κ2) is 5.90. The lowest BCUT2D eigenvalue weighted by Crippen LogP contribution is -2.63. The highest BCUT2D eigenvalue weighted by atomic mass is 16.5. The Morgan fingerprint density at radius 3 is 2.58 bits per heavy atom. The molecule has 1 saturated heterocycles. The highest BCUT2D eigenvalue weighted by Crippen LogP contribution is 2.35. The molecule has 0 bridgehead atoms. The van der Waals surface area contributed by atoms with Crippen molar-refractivity contribution < 1.29 is 14.3 Å². The topological polar surface area (TPSA) is 58.6 Å². The standard InChI is InChI=1S/C14H24N2O3/c1-4-19-8-11(9(2)3)16-7-12(17)15-13(14(16)18)10-5-6-10/h9-11,13H,4-8H2,1-3H3,(H,15,17). The van der Waals surface area contributed by atoms with Crippen molar-refractivity contribution in [1.82, 2.24) is 10.2 Å². The van der Waals surface area contributed by atoms with Gasteiger partial charge in [0.25, 0.3) is 0 Å². The lowest BCUT2D eigenvalue weighted by Gasteiger charge is -2.39. The van der Waals surface area contributed by atoms with Crippen LogP contribution < -0.4 is 5.32 Å². The van der Waals surface area contributed by atoms with Gasteiger partial charge in [-0.1, -0.05) is 13.8 Å². The highest BCUT2D eigenvalue weighted by molar-refractivity contribution is 5.95. The van der Waals surface area contributed by atoms with Crippen molar-refractivity contribution in [2.75, 3.05) is 19.8 Å². The van der Waals surface area contributed by atoms with E-state index >= 15 is 0 Å². The molecule has 108 valence electrons. The van der Waals surface area contributed by atoms with Crippen LogP contribution in [-0.4, -0.2) is 48.6 Å². The van der Waals surface area contributed by atoms with Crippen molar-refractivity contribution in [2.24, 2.45) is 11.8 Å². The fraction of sp³-hybridized carbons (Fsp3) is 0.857. The van der Waals surface area contributed by atoms with Gasteiger partial charge in [-0.25, -0.2) is 0 Å². The minimum atomic E-state index is -0.302. The molecule has 5 nitrogen and oxygen atoms in total. The number of carbonyl (C=O) groups is 2. The molecule has 2 unspecified atom stereocenters. The van der Waals surface area contributed by atoms with Gasteiger partial charge in [0.2, 0.25) is 11.8 Å². The Labute approximate surface area is 114 Å². The van der Waals surface area contributed by atoms with E-state index in [4.69, 9.17) is 4.74 Å². The van der Waals surface area contributed by atoms with E-state index in [0.717, 1.165) is 12.8 Å². The molecule has 19 heavy (non-hydrogen) atoms. The highest BCUT2D eigenvalue weighted by Gasteiger charge is 2.44. The zero-order chi connectivity index (χ0) is 14.0. The van der Waals surface area contributed by atoms with Gasteiger partial charge in [-0.3, -0.25) is 9.59 Å². The summed E-state index contributed by atoms with van der Waals surface area (Å²) in [6, 6.07) is -0.316. The number of piperazine rings is 1. The van der Waals surface area contributed by atoms with Gasteiger partial charge in [0.1, 0.15) is 6.04 Å². The largest absolute Gasteiger partial charge is 0.380 e. The predicted molar refractivity (Wildman–Crippen MR) is 71.5 cm³/mol. The Morgan fingerprint density at radius 1 is 1.37 bits per heavy atom. The van der Waals surface area contributed by atoms with Gasteiger partial charge < -0.3 is 15.0 Å². The Bertz CT molecular complexity index is 353. The molecule has 1 heterocycles. The zero-order valence-corrected chi connectivity index (χ0v) is 12.0. The summed E-state index contributed by atoms with van der Waals surface area (Å²) in [5.74, 6) is 0.652. The van der Waals surface area contributed by atoms with Gasteiger partial charge in [-0.15, -0.1) is 0 Å². The number of hydrogen-bond acceptors (Lipinski definition) is 3. The van der Waals surface area contributed by atoms with E-state index in [2.05, 4.69) is 19.2 Å². The molecule has 1 saturated carbocycles. The summed E-state index contributed by atoms with van der Waals surface area (Å²) in [4.78, 5) is 26.1. The molecule has 0 aromatic heterocycles. The Kier molecular flexibility index (Phi) is 4.45. The summed E-state index contributed by atoms with van der Waals surface area (Å²) in [6.45, 7) is 7.37. The van der Waals surface area contributed by atoms with Crippen LogP contribution in [0.2, 0.25) is 0 Å². The van der Waals surface area contributed by atoms with Crippen LogP contribution in [0.15, 0.2) is 0 Å². The molecule has 1 aliphatic heterocycles. The Hall–Kier alpha value is -1.10. The third-order valence-electron chi connectivity index (χ3n) is 3.94. The quantitative estimate of drug-likeness (QED) is 0.774. The summed E-state index contributed by atoms with van der Waals surface area (Å²) in [5.41, 5.74) is 0. The van der Waals surface area contributed by atoms with Crippen molar-refractivity contribution in [1.29, 1.82) is 0 Å². The first-order chi connectivity index (χ1) is 9.04. The van der Waals surface area contributed by atoms with Crippen LogP contribution in [0.25, 0.3) is 0 Å². The van der Waals surface area contributed by atoms with Crippen molar-refractivity contribution >= 4 is 11.8 Å². The van der Waals surface area contributed by atoms with E-state index in [1.807, 2.05) is 6.92 Å². The molecule has 2 atom stereocenters. The molecule has 0 aromatic carbocycles. The third kappa shape index (κ3) is 3.26. The summed E-state index contributed by atoms with van der Waals surface area (Å²) in [5, 5.41) is 2.84. The Morgan fingerprint density at radius 2 is 2.05 bits per heavy atom. The monoisotopic (exact) mass is 268 g/mol. The minimum Gasteiger partial charge on any atom is -0.380 e. The SMILES string of the molecule is CCOCC(C(C)C)N1CC(=O)NC(C2CC2)C1=O. The van der Waals surface area contributed by atoms with Crippen LogP contribution in [0.4, 0.5) is 0 Å². The summed E-state index contributed by atoms with van der Waals surface area (Å²) in [6.07, 6.45) is 2.09. The van der Waals surface area contributed by atoms with E-state index < -0.39 is 0 Å². The molecule has 1 N–H and O–H groups in total. The molecular formula is C14H24N2O3. The molecule has 2 rings (SSSR count).